The lowest BCUT2D eigenvalue weighted by Gasteiger charge is -2.32. The van der Waals surface area contributed by atoms with Crippen LogP contribution in [0.25, 0.3) is 0 Å². The minimum Gasteiger partial charge on any atom is -0.342 e. The van der Waals surface area contributed by atoms with Gasteiger partial charge in [-0.25, -0.2) is 0 Å². The van der Waals surface area contributed by atoms with Gasteiger partial charge in [0.1, 0.15) is 0 Å². The smallest absolute Gasteiger partial charge is 0.225 e. The van der Waals surface area contributed by atoms with E-state index >= 15 is 0 Å². The Morgan fingerprint density at radius 1 is 1.31 bits per heavy atom. The van der Waals surface area contributed by atoms with Crippen molar-refractivity contribution in [1.82, 2.24) is 4.90 Å². The number of hydrogen-bond donors (Lipinski definition) is 0. The zero-order valence-electron chi connectivity index (χ0n) is 8.62. The number of fused-ring (bicyclic) bond motifs is 3. The summed E-state index contributed by atoms with van der Waals surface area (Å²) in [4.78, 5) is 13.8. The van der Waals surface area contributed by atoms with Crippen molar-refractivity contribution in [2.45, 2.75) is 33.1 Å². The number of nitrogens with zero attached hydrogens (tertiary/aromatic N) is 1. The zero-order chi connectivity index (χ0) is 9.42. The van der Waals surface area contributed by atoms with Crippen LogP contribution in [0.4, 0.5) is 0 Å². The van der Waals surface area contributed by atoms with Gasteiger partial charge in [-0.1, -0.05) is 13.8 Å². The van der Waals surface area contributed by atoms with Gasteiger partial charge in [-0.05, 0) is 31.1 Å². The summed E-state index contributed by atoms with van der Waals surface area (Å²) in [6, 6.07) is 0. The third-order valence-electron chi connectivity index (χ3n) is 3.42. The maximum Gasteiger partial charge on any atom is 0.225 e. The van der Waals surface area contributed by atoms with E-state index in [0.717, 1.165) is 24.9 Å². The molecule has 0 aromatic rings. The second-order valence-electron chi connectivity index (χ2n) is 4.93. The molecule has 2 heterocycles. The van der Waals surface area contributed by atoms with E-state index in [1.165, 1.54) is 19.3 Å². The quantitative estimate of drug-likeness (QED) is 0.605. The van der Waals surface area contributed by atoms with Gasteiger partial charge >= 0.3 is 0 Å². The van der Waals surface area contributed by atoms with E-state index in [0.29, 0.717) is 5.91 Å². The van der Waals surface area contributed by atoms with Crippen molar-refractivity contribution in [3.8, 4) is 0 Å². The van der Waals surface area contributed by atoms with Gasteiger partial charge in [0.05, 0.1) is 0 Å². The molecular weight excluding hydrogens is 162 g/mol. The molecule has 3 rings (SSSR count). The summed E-state index contributed by atoms with van der Waals surface area (Å²) in [5.41, 5.74) is 0. The highest BCUT2D eigenvalue weighted by atomic mass is 16.2. The van der Waals surface area contributed by atoms with Crippen LogP contribution in [-0.4, -0.2) is 23.9 Å². The fraction of sp³-hybridized carbons (Fsp3) is 0.909. The van der Waals surface area contributed by atoms with E-state index < -0.39 is 0 Å². The van der Waals surface area contributed by atoms with Crippen molar-refractivity contribution in [2.75, 3.05) is 13.1 Å². The molecule has 13 heavy (non-hydrogen) atoms. The first-order chi connectivity index (χ1) is 6.16. The normalized spacial score (nSPS) is 32.7. The molecule has 1 aliphatic carbocycles. The second kappa shape index (κ2) is 3.32. The van der Waals surface area contributed by atoms with Crippen LogP contribution in [0.3, 0.4) is 0 Å². The van der Waals surface area contributed by atoms with Crippen molar-refractivity contribution in [1.29, 1.82) is 0 Å². The van der Waals surface area contributed by atoms with Gasteiger partial charge in [0.2, 0.25) is 5.91 Å². The highest BCUT2D eigenvalue weighted by Crippen LogP contribution is 2.39. The molecule has 2 heteroatoms. The number of hydrogen-bond acceptors (Lipinski definition) is 1. The Kier molecular flexibility index (Phi) is 2.31. The third kappa shape index (κ3) is 1.72. The van der Waals surface area contributed by atoms with E-state index in [2.05, 4.69) is 4.90 Å². The minimum absolute atomic E-state index is 0.176. The fourth-order valence-corrected chi connectivity index (χ4v) is 2.57. The minimum atomic E-state index is 0.176. The van der Waals surface area contributed by atoms with E-state index in [1.54, 1.807) is 0 Å². The molecule has 0 radical (unpaired) electrons. The molecule has 0 N–H and O–H groups in total. The SMILES string of the molecule is CC(C)C(=O)N1CCC2CC(C2)C1. The Morgan fingerprint density at radius 2 is 2.00 bits per heavy atom. The van der Waals surface area contributed by atoms with Crippen LogP contribution in [0.1, 0.15) is 33.1 Å². The molecular formula is C11H19NO. The fourth-order valence-electron chi connectivity index (χ4n) is 2.57. The van der Waals surface area contributed by atoms with Crippen molar-refractivity contribution in [3.63, 3.8) is 0 Å². The Morgan fingerprint density at radius 3 is 2.62 bits per heavy atom. The van der Waals surface area contributed by atoms with Gasteiger partial charge in [0.15, 0.2) is 0 Å². The van der Waals surface area contributed by atoms with Crippen LogP contribution in [0.15, 0.2) is 0 Å². The lowest BCUT2D eigenvalue weighted by Crippen LogP contribution is -2.37. The van der Waals surface area contributed by atoms with Gasteiger partial charge in [0, 0.05) is 19.0 Å². The van der Waals surface area contributed by atoms with Crippen molar-refractivity contribution in [2.24, 2.45) is 17.8 Å². The number of rotatable bonds is 1. The average Bonchev–Trinajstić information content (AvgIpc) is 2.32. The molecule has 74 valence electrons. The largest absolute Gasteiger partial charge is 0.342 e. The molecule has 2 bridgehead atoms. The average molecular weight is 181 g/mol. The van der Waals surface area contributed by atoms with Crippen LogP contribution >= 0.6 is 0 Å². The standard InChI is InChI=1S/C11H19NO/c1-8(2)11(13)12-4-3-9-5-10(6-9)7-12/h8-10H,3-7H2,1-2H3. The molecule has 1 saturated carbocycles. The number of amides is 1. The molecule has 0 aromatic carbocycles. The maximum absolute atomic E-state index is 11.7. The van der Waals surface area contributed by atoms with Crippen LogP contribution in [0, 0.1) is 17.8 Å². The van der Waals surface area contributed by atoms with Gasteiger partial charge < -0.3 is 4.90 Å². The summed E-state index contributed by atoms with van der Waals surface area (Å²) in [5, 5.41) is 0. The van der Waals surface area contributed by atoms with Gasteiger partial charge in [0.25, 0.3) is 0 Å². The summed E-state index contributed by atoms with van der Waals surface area (Å²) in [7, 11) is 0. The number of carbonyl (C=O) groups excluding carboxylic acids is 1. The second-order valence-corrected chi connectivity index (χ2v) is 4.93. The van der Waals surface area contributed by atoms with Crippen LogP contribution in [0.5, 0.6) is 0 Å². The predicted octanol–water partition coefficient (Wildman–Crippen LogP) is 1.90. The lowest BCUT2D eigenvalue weighted by atomic mass is 9.75. The molecule has 3 aliphatic rings. The van der Waals surface area contributed by atoms with E-state index in [4.69, 9.17) is 0 Å². The maximum atomic E-state index is 11.7. The summed E-state index contributed by atoms with van der Waals surface area (Å²) in [6.07, 6.45) is 4.00. The highest BCUT2D eigenvalue weighted by molar-refractivity contribution is 5.78. The molecule has 2 nitrogen and oxygen atoms in total. The molecule has 0 aromatic heterocycles. The van der Waals surface area contributed by atoms with E-state index in [9.17, 15) is 4.79 Å². The first-order valence-electron chi connectivity index (χ1n) is 5.45. The van der Waals surface area contributed by atoms with E-state index in [1.807, 2.05) is 13.8 Å². The molecule has 0 unspecified atom stereocenters. The monoisotopic (exact) mass is 181 g/mol. The van der Waals surface area contributed by atoms with Gasteiger partial charge in [-0.3, -0.25) is 4.79 Å². The first kappa shape index (κ1) is 9.04. The molecule has 3 fully saturated rings. The Bertz CT molecular complexity index is 206. The van der Waals surface area contributed by atoms with Crippen molar-refractivity contribution >= 4 is 5.91 Å². The van der Waals surface area contributed by atoms with Gasteiger partial charge in [-0.15, -0.1) is 0 Å². The Hall–Kier alpha value is -0.530. The number of carbonyl (C=O) groups is 1. The van der Waals surface area contributed by atoms with Crippen LogP contribution < -0.4 is 0 Å². The Labute approximate surface area is 80.3 Å². The molecule has 2 aliphatic heterocycles. The first-order valence-corrected chi connectivity index (χ1v) is 5.45. The van der Waals surface area contributed by atoms with Gasteiger partial charge in [-0.2, -0.15) is 0 Å². The molecule has 1 amide bonds. The van der Waals surface area contributed by atoms with Crippen LogP contribution in [-0.2, 0) is 4.79 Å². The summed E-state index contributed by atoms with van der Waals surface area (Å²) in [6.45, 7) is 6.04. The third-order valence-corrected chi connectivity index (χ3v) is 3.42. The Balaban J connectivity index is 1.95. The van der Waals surface area contributed by atoms with Crippen molar-refractivity contribution in [3.05, 3.63) is 0 Å². The molecule has 0 spiro atoms. The molecule has 0 atom stereocenters. The van der Waals surface area contributed by atoms with E-state index in [-0.39, 0.29) is 5.92 Å². The topological polar surface area (TPSA) is 20.3 Å². The predicted molar refractivity (Wildman–Crippen MR) is 52.2 cm³/mol. The highest BCUT2D eigenvalue weighted by Gasteiger charge is 2.35. The van der Waals surface area contributed by atoms with Crippen molar-refractivity contribution < 1.29 is 4.79 Å². The summed E-state index contributed by atoms with van der Waals surface area (Å²) in [5.74, 6) is 2.30. The lowest BCUT2D eigenvalue weighted by molar-refractivity contribution is -0.134. The van der Waals surface area contributed by atoms with Crippen LogP contribution in [0.2, 0.25) is 0 Å². The zero-order valence-corrected chi connectivity index (χ0v) is 8.62. The summed E-state index contributed by atoms with van der Waals surface area (Å²) >= 11 is 0. The summed E-state index contributed by atoms with van der Waals surface area (Å²) < 4.78 is 0. The molecule has 2 saturated heterocycles.